The minimum absolute atomic E-state index is 0.204. The first-order valence-electron chi connectivity index (χ1n) is 3.03. The van der Waals surface area contributed by atoms with E-state index in [1.165, 1.54) is 12.4 Å². The van der Waals surface area contributed by atoms with E-state index in [9.17, 15) is 9.59 Å². The van der Waals surface area contributed by atoms with Gasteiger partial charge >= 0.3 is 0 Å². The summed E-state index contributed by atoms with van der Waals surface area (Å²) in [5, 5.41) is 0. The van der Waals surface area contributed by atoms with E-state index in [0.29, 0.717) is 0 Å². The molecule has 1 heterocycles. The monoisotopic (exact) mass is 166 g/mol. The maximum atomic E-state index is 10.6. The highest BCUT2D eigenvalue weighted by Crippen LogP contribution is 1.98. The molecule has 0 aromatic carbocycles. The van der Waals surface area contributed by atoms with Gasteiger partial charge < -0.3 is 11.5 Å². The number of aromatic nitrogens is 2. The highest BCUT2D eigenvalue weighted by Gasteiger charge is 2.14. The van der Waals surface area contributed by atoms with Crippen LogP contribution in [0.4, 0.5) is 0 Å². The fraction of sp³-hybridized carbons (Fsp3) is 0. The predicted molar refractivity (Wildman–Crippen MR) is 39.1 cm³/mol. The minimum atomic E-state index is -0.822. The van der Waals surface area contributed by atoms with Crippen molar-refractivity contribution >= 4 is 11.8 Å². The number of rotatable bonds is 2. The van der Waals surface area contributed by atoms with Gasteiger partial charge in [-0.2, -0.15) is 0 Å². The molecule has 1 aromatic rings. The van der Waals surface area contributed by atoms with Crippen molar-refractivity contribution < 1.29 is 9.59 Å². The van der Waals surface area contributed by atoms with Gasteiger partial charge in [0.05, 0.1) is 0 Å². The zero-order valence-electron chi connectivity index (χ0n) is 6.02. The van der Waals surface area contributed by atoms with E-state index in [0.717, 1.165) is 0 Å². The number of nitrogens with zero attached hydrogens (tertiary/aromatic N) is 2. The number of carbonyl (C=O) groups excluding carboxylic acids is 2. The Morgan fingerprint density at radius 3 is 1.58 bits per heavy atom. The fourth-order valence-corrected chi connectivity index (χ4v) is 0.699. The molecule has 0 aliphatic rings. The van der Waals surface area contributed by atoms with Crippen LogP contribution in [0.2, 0.25) is 0 Å². The molecule has 62 valence electrons. The van der Waals surface area contributed by atoms with Gasteiger partial charge in [0.15, 0.2) is 11.4 Å². The van der Waals surface area contributed by atoms with Gasteiger partial charge in [0.2, 0.25) is 0 Å². The molecule has 6 nitrogen and oxygen atoms in total. The Bertz CT molecular complexity index is 303. The van der Waals surface area contributed by atoms with Crippen LogP contribution in [0.3, 0.4) is 0 Å². The van der Waals surface area contributed by atoms with E-state index in [2.05, 4.69) is 9.97 Å². The van der Waals surface area contributed by atoms with Gasteiger partial charge in [-0.1, -0.05) is 0 Å². The molecule has 1 aromatic heterocycles. The SMILES string of the molecule is NC(=O)c1nccnc1C(N)=O. The summed E-state index contributed by atoms with van der Waals surface area (Å²) in [5.74, 6) is -1.64. The number of primary amides is 2. The van der Waals surface area contributed by atoms with Gasteiger partial charge in [0.1, 0.15) is 0 Å². The van der Waals surface area contributed by atoms with Gasteiger partial charge in [0.25, 0.3) is 11.8 Å². The van der Waals surface area contributed by atoms with Crippen LogP contribution in [0.15, 0.2) is 12.4 Å². The zero-order valence-corrected chi connectivity index (χ0v) is 6.02. The molecule has 0 atom stereocenters. The lowest BCUT2D eigenvalue weighted by atomic mass is 10.3. The first-order valence-corrected chi connectivity index (χ1v) is 3.03. The molecule has 0 aliphatic carbocycles. The molecular weight excluding hydrogens is 160 g/mol. The summed E-state index contributed by atoms with van der Waals surface area (Å²) < 4.78 is 0. The molecule has 2 amide bonds. The van der Waals surface area contributed by atoms with E-state index in [1.807, 2.05) is 0 Å². The quantitative estimate of drug-likeness (QED) is 0.567. The number of amides is 2. The molecule has 0 radical (unpaired) electrons. The second kappa shape index (κ2) is 2.95. The van der Waals surface area contributed by atoms with Gasteiger partial charge in [-0.15, -0.1) is 0 Å². The summed E-state index contributed by atoms with van der Waals surface area (Å²) in [5.41, 5.74) is 9.40. The molecule has 4 N–H and O–H groups in total. The molecule has 12 heavy (non-hydrogen) atoms. The van der Waals surface area contributed by atoms with Gasteiger partial charge in [-0.3, -0.25) is 9.59 Å². The Hall–Kier alpha value is -1.98. The smallest absolute Gasteiger partial charge is 0.269 e. The molecule has 0 saturated carbocycles. The Balaban J connectivity index is 3.27. The van der Waals surface area contributed by atoms with Gasteiger partial charge in [0, 0.05) is 12.4 Å². The number of hydrogen-bond acceptors (Lipinski definition) is 4. The van der Waals surface area contributed by atoms with E-state index in [-0.39, 0.29) is 11.4 Å². The normalized spacial score (nSPS) is 9.33. The van der Waals surface area contributed by atoms with Crippen LogP contribution in [0, 0.1) is 0 Å². The zero-order chi connectivity index (χ0) is 9.14. The van der Waals surface area contributed by atoms with Crippen molar-refractivity contribution in [2.45, 2.75) is 0 Å². The van der Waals surface area contributed by atoms with Crippen LogP contribution >= 0.6 is 0 Å². The molecule has 0 saturated heterocycles. The lowest BCUT2D eigenvalue weighted by Gasteiger charge is -1.97. The third-order valence-electron chi connectivity index (χ3n) is 1.17. The molecule has 0 unspecified atom stereocenters. The molecule has 0 bridgehead atoms. The average Bonchev–Trinajstić information content (AvgIpc) is 2.04. The Labute approximate surface area is 67.6 Å². The Morgan fingerprint density at radius 1 is 1.00 bits per heavy atom. The average molecular weight is 166 g/mol. The van der Waals surface area contributed by atoms with Crippen LogP contribution < -0.4 is 11.5 Å². The summed E-state index contributed by atoms with van der Waals surface area (Å²) in [6, 6.07) is 0. The van der Waals surface area contributed by atoms with Crippen LogP contribution in [-0.2, 0) is 0 Å². The van der Waals surface area contributed by atoms with E-state index in [4.69, 9.17) is 11.5 Å². The largest absolute Gasteiger partial charge is 0.364 e. The van der Waals surface area contributed by atoms with Crippen molar-refractivity contribution in [1.29, 1.82) is 0 Å². The molecule has 6 heteroatoms. The van der Waals surface area contributed by atoms with Crippen LogP contribution in [0.5, 0.6) is 0 Å². The third-order valence-corrected chi connectivity index (χ3v) is 1.17. The van der Waals surface area contributed by atoms with E-state index in [1.54, 1.807) is 0 Å². The van der Waals surface area contributed by atoms with Crippen LogP contribution in [0.1, 0.15) is 21.0 Å². The number of nitrogens with two attached hydrogens (primary N) is 2. The summed E-state index contributed by atoms with van der Waals surface area (Å²) in [7, 11) is 0. The van der Waals surface area contributed by atoms with Crippen LogP contribution in [0.25, 0.3) is 0 Å². The lowest BCUT2D eigenvalue weighted by Crippen LogP contribution is -2.23. The molecule has 0 fully saturated rings. The van der Waals surface area contributed by atoms with Gasteiger partial charge in [-0.25, -0.2) is 9.97 Å². The van der Waals surface area contributed by atoms with Gasteiger partial charge in [-0.05, 0) is 0 Å². The molecular formula is C6H6N4O2. The fourth-order valence-electron chi connectivity index (χ4n) is 0.699. The highest BCUT2D eigenvalue weighted by molar-refractivity contribution is 6.03. The van der Waals surface area contributed by atoms with E-state index >= 15 is 0 Å². The summed E-state index contributed by atoms with van der Waals surface area (Å²) >= 11 is 0. The summed E-state index contributed by atoms with van der Waals surface area (Å²) in [6.45, 7) is 0. The Kier molecular flexibility index (Phi) is 2.00. The summed E-state index contributed by atoms with van der Waals surface area (Å²) in [6.07, 6.45) is 2.51. The van der Waals surface area contributed by atoms with Crippen LogP contribution in [-0.4, -0.2) is 21.8 Å². The van der Waals surface area contributed by atoms with E-state index < -0.39 is 11.8 Å². The van der Waals surface area contributed by atoms with Crippen molar-refractivity contribution in [1.82, 2.24) is 9.97 Å². The summed E-state index contributed by atoms with van der Waals surface area (Å²) in [4.78, 5) is 28.4. The topological polar surface area (TPSA) is 112 Å². The van der Waals surface area contributed by atoms with Crippen molar-refractivity contribution in [3.8, 4) is 0 Å². The number of carbonyl (C=O) groups is 2. The Morgan fingerprint density at radius 2 is 1.33 bits per heavy atom. The lowest BCUT2D eigenvalue weighted by molar-refractivity contribution is 0.0959. The van der Waals surface area contributed by atoms with Crippen molar-refractivity contribution in [3.63, 3.8) is 0 Å². The molecule has 0 spiro atoms. The van der Waals surface area contributed by atoms with Crippen molar-refractivity contribution in [2.24, 2.45) is 11.5 Å². The molecule has 0 aliphatic heterocycles. The highest BCUT2D eigenvalue weighted by atomic mass is 16.2. The number of hydrogen-bond donors (Lipinski definition) is 2. The molecule has 1 rings (SSSR count). The second-order valence-electron chi connectivity index (χ2n) is 1.98. The standard InChI is InChI=1S/C6H6N4O2/c7-5(11)3-4(6(8)12)10-2-1-9-3/h1-2H,(H2,7,11)(H2,8,12). The first kappa shape index (κ1) is 8.12. The maximum Gasteiger partial charge on any atom is 0.269 e. The van der Waals surface area contributed by atoms with Crippen molar-refractivity contribution in [3.05, 3.63) is 23.8 Å². The first-order chi connectivity index (χ1) is 5.63. The minimum Gasteiger partial charge on any atom is -0.364 e. The van der Waals surface area contributed by atoms with Crippen molar-refractivity contribution in [2.75, 3.05) is 0 Å². The maximum absolute atomic E-state index is 10.6. The third kappa shape index (κ3) is 1.36. The predicted octanol–water partition coefficient (Wildman–Crippen LogP) is -1.33. The second-order valence-corrected chi connectivity index (χ2v) is 1.98.